The van der Waals surface area contributed by atoms with Crippen molar-refractivity contribution in [1.29, 1.82) is 0 Å². The van der Waals surface area contributed by atoms with Gasteiger partial charge in [-0.1, -0.05) is 80.6 Å². The molecule has 9 rings (SSSR count). The molecule has 2 heterocycles. The van der Waals surface area contributed by atoms with Gasteiger partial charge in [-0.05, 0) is 161 Å². The number of anilines is 1. The lowest BCUT2D eigenvalue weighted by Gasteiger charge is -2.39. The third kappa shape index (κ3) is 6.58. The average Bonchev–Trinajstić information content (AvgIpc) is 3.49. The first-order valence-electron chi connectivity index (χ1n) is 19.0. The summed E-state index contributed by atoms with van der Waals surface area (Å²) in [5.74, 6) is 2.94. The van der Waals surface area contributed by atoms with Gasteiger partial charge in [-0.25, -0.2) is 0 Å². The van der Waals surface area contributed by atoms with E-state index in [-0.39, 0.29) is 4.85 Å². The van der Waals surface area contributed by atoms with E-state index in [0.29, 0.717) is 11.5 Å². The molecule has 0 aromatic heterocycles. The number of morpholine rings is 1. The van der Waals surface area contributed by atoms with Crippen LogP contribution in [-0.2, 0) is 15.2 Å². The summed E-state index contributed by atoms with van der Waals surface area (Å²) < 4.78 is 30.8. The Hall–Kier alpha value is -3.53. The highest BCUT2D eigenvalue weighted by Crippen LogP contribution is 2.59. The Morgan fingerprint density at radius 3 is 1.91 bits per heavy atom. The summed E-state index contributed by atoms with van der Waals surface area (Å²) >= 11 is 7.45. The molecule has 1 unspecified atom stereocenters. The zero-order valence-electron chi connectivity index (χ0n) is 32.4. The third-order valence-electron chi connectivity index (χ3n) is 11.9. The SMILES string of the molecule is COc1ccc(C2(c3ccc(N4CCOCC4)cc3)C=Cc3c4c(c5cc(OC)c(OC)cc5c3O2)-c2ccc(-c3ccc(C(I)(I)I)cc3)cc2C4(C)C)cc1. The monoisotopic (exact) mass is 1090 g/mol. The fraction of sp³-hybridized carbons (Fsp3) is 0.250. The number of benzene rings is 6. The molecule has 6 aromatic rings. The van der Waals surface area contributed by atoms with E-state index < -0.39 is 5.60 Å². The van der Waals surface area contributed by atoms with E-state index in [1.807, 2.05) is 12.1 Å². The number of hydrogen-bond acceptors (Lipinski definition) is 6. The van der Waals surface area contributed by atoms with E-state index in [1.165, 1.54) is 44.6 Å². The zero-order valence-corrected chi connectivity index (χ0v) is 38.9. The fourth-order valence-corrected chi connectivity index (χ4v) is 9.98. The number of methoxy groups -OCH3 is 3. The largest absolute Gasteiger partial charge is 0.497 e. The van der Waals surface area contributed by atoms with Crippen LogP contribution in [0, 0.1) is 0 Å². The van der Waals surface area contributed by atoms with E-state index in [1.54, 1.807) is 21.3 Å². The molecule has 3 aliphatic rings. The highest BCUT2D eigenvalue weighted by Gasteiger charge is 2.45. The topological polar surface area (TPSA) is 49.4 Å². The molecule has 0 amide bonds. The second-order valence-corrected chi connectivity index (χ2v) is 26.3. The van der Waals surface area contributed by atoms with Crippen LogP contribution in [0.5, 0.6) is 23.0 Å². The number of halogens is 3. The van der Waals surface area contributed by atoms with Crippen LogP contribution in [0.4, 0.5) is 5.69 Å². The number of fused-ring (bicyclic) bond motifs is 8. The molecule has 1 atom stereocenters. The molecule has 1 saturated heterocycles. The van der Waals surface area contributed by atoms with Crippen LogP contribution in [0.1, 0.15) is 47.2 Å². The normalized spacial score (nSPS) is 18.1. The van der Waals surface area contributed by atoms with E-state index >= 15 is 0 Å². The van der Waals surface area contributed by atoms with Crippen molar-refractivity contribution in [2.24, 2.45) is 0 Å². The van der Waals surface area contributed by atoms with Crippen molar-refractivity contribution >= 4 is 90.3 Å². The second kappa shape index (κ2) is 14.9. The summed E-state index contributed by atoms with van der Waals surface area (Å²) in [5.41, 5.74) is 11.7. The summed E-state index contributed by atoms with van der Waals surface area (Å²) in [6.45, 7) is 7.90. The van der Waals surface area contributed by atoms with Crippen molar-refractivity contribution in [3.63, 3.8) is 0 Å². The Morgan fingerprint density at radius 2 is 1.30 bits per heavy atom. The van der Waals surface area contributed by atoms with E-state index in [9.17, 15) is 0 Å². The molecule has 2 aliphatic heterocycles. The highest BCUT2D eigenvalue weighted by molar-refractivity contribution is 14.3. The minimum atomic E-state index is -0.933. The molecule has 57 heavy (non-hydrogen) atoms. The second-order valence-electron chi connectivity index (χ2n) is 15.3. The molecule has 9 heteroatoms. The zero-order chi connectivity index (χ0) is 39.7. The van der Waals surface area contributed by atoms with Crippen LogP contribution in [0.25, 0.3) is 39.1 Å². The van der Waals surface area contributed by atoms with Gasteiger partial charge in [0.2, 0.25) is 0 Å². The molecular formula is C48H42I3NO5. The van der Waals surface area contributed by atoms with Crippen molar-refractivity contribution in [3.05, 3.63) is 143 Å². The van der Waals surface area contributed by atoms with E-state index in [4.69, 9.17) is 23.7 Å². The number of alkyl halides is 3. The first kappa shape index (κ1) is 39.0. The van der Waals surface area contributed by atoms with Gasteiger partial charge in [-0.3, -0.25) is 0 Å². The Morgan fingerprint density at radius 1 is 0.684 bits per heavy atom. The molecule has 0 saturated carbocycles. The smallest absolute Gasteiger partial charge is 0.178 e. The predicted octanol–water partition coefficient (Wildman–Crippen LogP) is 12.4. The molecule has 0 radical (unpaired) electrons. The van der Waals surface area contributed by atoms with E-state index in [0.717, 1.165) is 65.3 Å². The highest BCUT2D eigenvalue weighted by atomic mass is 127. The lowest BCUT2D eigenvalue weighted by molar-refractivity contribution is 0.122. The number of nitrogens with zero attached hydrogens (tertiary/aromatic N) is 1. The van der Waals surface area contributed by atoms with Gasteiger partial charge in [0, 0.05) is 46.3 Å². The van der Waals surface area contributed by atoms with Crippen LogP contribution >= 0.6 is 67.8 Å². The molecule has 290 valence electrons. The van der Waals surface area contributed by atoms with Crippen molar-refractivity contribution in [1.82, 2.24) is 0 Å². The maximum Gasteiger partial charge on any atom is 0.178 e. The fourth-order valence-electron chi connectivity index (χ4n) is 8.90. The van der Waals surface area contributed by atoms with Crippen LogP contribution in [0.3, 0.4) is 0 Å². The summed E-state index contributed by atoms with van der Waals surface area (Å²) in [6.07, 6.45) is 4.54. The Bertz CT molecular complexity index is 2540. The lowest BCUT2D eigenvalue weighted by Crippen LogP contribution is -2.37. The maximum absolute atomic E-state index is 7.63. The summed E-state index contributed by atoms with van der Waals surface area (Å²) in [7, 11) is 5.08. The van der Waals surface area contributed by atoms with Crippen LogP contribution in [0.15, 0.2) is 109 Å². The lowest BCUT2D eigenvalue weighted by atomic mass is 9.76. The number of hydrogen-bond donors (Lipinski definition) is 0. The van der Waals surface area contributed by atoms with Crippen LogP contribution in [0.2, 0.25) is 0 Å². The molecule has 0 spiro atoms. The van der Waals surface area contributed by atoms with Gasteiger partial charge in [0.25, 0.3) is 0 Å². The van der Waals surface area contributed by atoms with Gasteiger partial charge in [0.15, 0.2) is 17.1 Å². The van der Waals surface area contributed by atoms with Crippen molar-refractivity contribution in [2.45, 2.75) is 24.3 Å². The summed E-state index contributed by atoms with van der Waals surface area (Å²) in [5, 5.41) is 2.03. The Kier molecular flexibility index (Phi) is 10.2. The predicted molar refractivity (Wildman–Crippen MR) is 257 cm³/mol. The van der Waals surface area contributed by atoms with Crippen LogP contribution in [-0.4, -0.2) is 47.6 Å². The van der Waals surface area contributed by atoms with Gasteiger partial charge in [-0.15, -0.1) is 0 Å². The van der Waals surface area contributed by atoms with E-state index in [2.05, 4.69) is 190 Å². The molecule has 1 fully saturated rings. The standard InChI is InChI=1S/C48H42I3NO5/c1-46(2)40-26-30(29-6-9-33(10-7-29)48(49,50)51)8-19-36(40)43-38-27-41(54-4)42(55-5)28-39(38)45-37(44(43)46)20-21-47(57-45,32-13-17-35(53-3)18-14-32)31-11-15-34(16-12-31)52-22-24-56-25-23-52/h6-21,26-28H,22-25H2,1-5H3. The Labute approximate surface area is 375 Å². The van der Waals surface area contributed by atoms with Crippen molar-refractivity contribution in [3.8, 4) is 45.3 Å². The molecule has 0 N–H and O–H groups in total. The summed E-state index contributed by atoms with van der Waals surface area (Å²) in [6, 6.07) is 37.2. The Balaban J connectivity index is 1.25. The maximum atomic E-state index is 7.63. The first-order chi connectivity index (χ1) is 27.5. The first-order valence-corrected chi connectivity index (χ1v) is 22.2. The third-order valence-corrected chi connectivity index (χ3v) is 13.7. The van der Waals surface area contributed by atoms with Crippen LogP contribution < -0.4 is 23.8 Å². The minimum Gasteiger partial charge on any atom is -0.497 e. The molecule has 6 nitrogen and oxygen atoms in total. The van der Waals surface area contributed by atoms with Gasteiger partial charge in [0.05, 0.1) is 34.5 Å². The van der Waals surface area contributed by atoms with Crippen molar-refractivity contribution in [2.75, 3.05) is 52.5 Å². The van der Waals surface area contributed by atoms with Crippen molar-refractivity contribution < 1.29 is 23.7 Å². The summed E-state index contributed by atoms with van der Waals surface area (Å²) in [4.78, 5) is 2.38. The molecule has 1 aliphatic carbocycles. The number of ether oxygens (including phenoxy) is 5. The minimum absolute atomic E-state index is 0.00415. The molecule has 0 bridgehead atoms. The quantitative estimate of drug-likeness (QED) is 0.112. The van der Waals surface area contributed by atoms with Gasteiger partial charge >= 0.3 is 0 Å². The molecule has 6 aromatic carbocycles. The number of rotatable bonds is 8. The van der Waals surface area contributed by atoms with Gasteiger partial charge in [0.1, 0.15) is 10.9 Å². The van der Waals surface area contributed by atoms with Gasteiger partial charge < -0.3 is 28.6 Å². The van der Waals surface area contributed by atoms with Gasteiger partial charge in [-0.2, -0.15) is 0 Å². The molecular weight excluding hydrogens is 1050 g/mol. The average molecular weight is 1090 g/mol.